The van der Waals surface area contributed by atoms with Crippen LogP contribution in [0.3, 0.4) is 0 Å². The minimum Gasteiger partial charge on any atom is -0.440 e. The van der Waals surface area contributed by atoms with Crippen LogP contribution in [0, 0.1) is 0 Å². The van der Waals surface area contributed by atoms with Crippen molar-refractivity contribution in [2.45, 2.75) is 38.7 Å². The number of nitrogens with one attached hydrogen (secondary N) is 1. The molecule has 6 nitrogen and oxygen atoms in total. The summed E-state index contributed by atoms with van der Waals surface area (Å²) in [7, 11) is 0. The molecule has 1 N–H and O–H groups in total. The van der Waals surface area contributed by atoms with Crippen molar-refractivity contribution in [3.63, 3.8) is 0 Å². The average molecular weight is 386 g/mol. The van der Waals surface area contributed by atoms with Gasteiger partial charge in [0.2, 0.25) is 5.90 Å². The second kappa shape index (κ2) is 8.35. The van der Waals surface area contributed by atoms with Crippen LogP contribution in [0.1, 0.15) is 37.8 Å². The summed E-state index contributed by atoms with van der Waals surface area (Å²) in [5, 5.41) is 6.56. The number of aryl methyl sites for hydroxylation is 1. The number of fused-ring (bicyclic) bond motifs is 1. The lowest BCUT2D eigenvalue weighted by molar-refractivity contribution is 0.0419. The van der Waals surface area contributed by atoms with Crippen molar-refractivity contribution >= 4 is 30.6 Å². The predicted octanol–water partition coefficient (Wildman–Crippen LogP) is 5.06. The Balaban J connectivity index is 1.68. The van der Waals surface area contributed by atoms with Crippen molar-refractivity contribution in [2.24, 2.45) is 5.16 Å². The fourth-order valence-electron chi connectivity index (χ4n) is 3.00. The van der Waals surface area contributed by atoms with E-state index in [-0.39, 0.29) is 0 Å². The van der Waals surface area contributed by atoms with Crippen molar-refractivity contribution in [2.75, 3.05) is 5.32 Å². The van der Waals surface area contributed by atoms with Gasteiger partial charge in [0.1, 0.15) is 11.4 Å². The van der Waals surface area contributed by atoms with Gasteiger partial charge in [0.15, 0.2) is 0 Å². The first-order valence-corrected chi connectivity index (χ1v) is 9.08. The maximum absolute atomic E-state index is 11.6. The van der Waals surface area contributed by atoms with Crippen LogP contribution in [0.5, 0.6) is 5.75 Å². The third-order valence-electron chi connectivity index (χ3n) is 4.30. The molecular weight excluding hydrogens is 364 g/mol. The fourth-order valence-corrected chi connectivity index (χ4v) is 3.09. The van der Waals surface area contributed by atoms with Crippen LogP contribution < -0.4 is 10.1 Å². The molecule has 2 aromatic carbocycles. The standard InChI is InChI=1S/C20H22N2O4S/c1-20(2)16-13-15(11-12-17(16)21-19(23)25-20)24-18(22-26-27)10-6-9-14-7-4-3-5-8-14/h3-5,7-8,11-13,27H,6,9-10H2,1-2H3,(H,21,23). The Hall–Kier alpha value is -2.67. The van der Waals surface area contributed by atoms with Crippen molar-refractivity contribution in [1.29, 1.82) is 0 Å². The maximum Gasteiger partial charge on any atom is 0.412 e. The molecule has 0 saturated carbocycles. The van der Waals surface area contributed by atoms with Gasteiger partial charge in [-0.15, -0.1) is 0 Å². The highest BCUT2D eigenvalue weighted by Gasteiger charge is 2.33. The van der Waals surface area contributed by atoms with E-state index in [2.05, 4.69) is 39.8 Å². The second-order valence-corrected chi connectivity index (χ2v) is 6.90. The van der Waals surface area contributed by atoms with Crippen molar-refractivity contribution in [1.82, 2.24) is 0 Å². The van der Waals surface area contributed by atoms with Gasteiger partial charge < -0.3 is 13.8 Å². The minimum atomic E-state index is -0.748. The van der Waals surface area contributed by atoms with Crippen molar-refractivity contribution < 1.29 is 18.6 Å². The summed E-state index contributed by atoms with van der Waals surface area (Å²) in [4.78, 5) is 11.6. The number of nitrogens with zero attached hydrogens (tertiary/aromatic N) is 1. The molecule has 0 aliphatic carbocycles. The summed E-state index contributed by atoms with van der Waals surface area (Å²) in [5.74, 6) is 1.02. The molecule has 7 heteroatoms. The summed E-state index contributed by atoms with van der Waals surface area (Å²) < 4.78 is 15.9. The van der Waals surface area contributed by atoms with Gasteiger partial charge in [0.25, 0.3) is 0 Å². The van der Waals surface area contributed by atoms with E-state index in [1.165, 1.54) is 5.56 Å². The molecule has 27 heavy (non-hydrogen) atoms. The first-order chi connectivity index (χ1) is 13.0. The summed E-state index contributed by atoms with van der Waals surface area (Å²) in [5.41, 5.74) is 2.04. The Morgan fingerprint density at radius 1 is 1.22 bits per heavy atom. The first-order valence-electron chi connectivity index (χ1n) is 8.72. The number of hydrogen-bond donors (Lipinski definition) is 2. The number of carbonyl (C=O) groups excluding carboxylic acids is 1. The monoisotopic (exact) mass is 386 g/mol. The number of carbonyl (C=O) groups is 1. The normalized spacial score (nSPS) is 15.4. The third-order valence-corrected chi connectivity index (χ3v) is 4.38. The van der Waals surface area contributed by atoms with Crippen LogP contribution in [0.2, 0.25) is 0 Å². The number of rotatable bonds is 6. The zero-order valence-electron chi connectivity index (χ0n) is 15.3. The van der Waals surface area contributed by atoms with E-state index < -0.39 is 11.7 Å². The summed E-state index contributed by atoms with van der Waals surface area (Å²) in [6, 6.07) is 15.6. The smallest absolute Gasteiger partial charge is 0.412 e. The molecule has 0 spiro atoms. The van der Waals surface area contributed by atoms with Crippen molar-refractivity contribution in [3.8, 4) is 5.75 Å². The van der Waals surface area contributed by atoms with Crippen LogP contribution in [-0.4, -0.2) is 12.0 Å². The molecule has 1 aliphatic rings. The van der Waals surface area contributed by atoms with Gasteiger partial charge in [0, 0.05) is 12.0 Å². The quantitative estimate of drug-likeness (QED) is 0.239. The molecule has 142 valence electrons. The first kappa shape index (κ1) is 19.1. The molecule has 2 aromatic rings. The molecule has 1 aliphatic heterocycles. The molecule has 0 fully saturated rings. The van der Waals surface area contributed by atoms with E-state index in [9.17, 15) is 4.79 Å². The highest BCUT2D eigenvalue weighted by Crippen LogP contribution is 2.37. The number of thiol groups is 1. The van der Waals surface area contributed by atoms with E-state index in [4.69, 9.17) is 9.47 Å². The van der Waals surface area contributed by atoms with Gasteiger partial charge in [-0.3, -0.25) is 5.32 Å². The fraction of sp³-hybridized carbons (Fsp3) is 0.300. The molecule has 0 unspecified atom stereocenters. The summed E-state index contributed by atoms with van der Waals surface area (Å²) >= 11 is 3.70. The topological polar surface area (TPSA) is 69.2 Å². The van der Waals surface area contributed by atoms with Crippen LogP contribution >= 0.6 is 12.9 Å². The van der Waals surface area contributed by atoms with Gasteiger partial charge in [-0.2, -0.15) is 0 Å². The lowest BCUT2D eigenvalue weighted by Crippen LogP contribution is -2.34. The van der Waals surface area contributed by atoms with Gasteiger partial charge in [0.05, 0.1) is 18.6 Å². The number of cyclic esters (lactones) is 1. The molecule has 0 bridgehead atoms. The van der Waals surface area contributed by atoms with Gasteiger partial charge in [-0.1, -0.05) is 30.3 Å². The number of oxime groups is 1. The lowest BCUT2D eigenvalue weighted by Gasteiger charge is -2.32. The lowest BCUT2D eigenvalue weighted by atomic mass is 9.94. The second-order valence-electron chi connectivity index (χ2n) is 6.74. The Bertz CT molecular complexity index is 837. The highest BCUT2D eigenvalue weighted by atomic mass is 32.1. The van der Waals surface area contributed by atoms with E-state index in [0.717, 1.165) is 18.4 Å². The largest absolute Gasteiger partial charge is 0.440 e. The van der Waals surface area contributed by atoms with Gasteiger partial charge in [-0.25, -0.2) is 4.79 Å². The Morgan fingerprint density at radius 2 is 2.00 bits per heavy atom. The molecule has 0 aromatic heterocycles. The summed E-state index contributed by atoms with van der Waals surface area (Å²) in [6.07, 6.45) is 1.90. The van der Waals surface area contributed by atoms with Gasteiger partial charge in [-0.05, 0) is 55.6 Å². The third kappa shape index (κ3) is 4.95. The molecule has 1 amide bonds. The minimum absolute atomic E-state index is 0.430. The van der Waals surface area contributed by atoms with Crippen LogP contribution in [0.25, 0.3) is 0 Å². The van der Waals surface area contributed by atoms with E-state index in [0.29, 0.717) is 23.8 Å². The number of hydrogen-bond acceptors (Lipinski definition) is 6. The zero-order chi connectivity index (χ0) is 19.3. The maximum atomic E-state index is 11.6. The predicted molar refractivity (Wildman–Crippen MR) is 107 cm³/mol. The molecular formula is C20H22N2O4S. The Morgan fingerprint density at radius 3 is 2.74 bits per heavy atom. The van der Waals surface area contributed by atoms with Crippen LogP contribution in [0.15, 0.2) is 53.7 Å². The number of amides is 1. The van der Waals surface area contributed by atoms with E-state index >= 15 is 0 Å². The molecule has 1 heterocycles. The Labute approximate surface area is 164 Å². The number of benzene rings is 2. The van der Waals surface area contributed by atoms with E-state index in [1.807, 2.05) is 38.1 Å². The highest BCUT2D eigenvalue weighted by molar-refractivity contribution is 7.75. The average Bonchev–Trinajstić information content (AvgIpc) is 2.63. The molecule has 0 radical (unpaired) electrons. The number of ether oxygens (including phenoxy) is 2. The molecule has 0 atom stereocenters. The molecule has 3 rings (SSSR count). The van der Waals surface area contributed by atoms with Gasteiger partial charge >= 0.3 is 6.09 Å². The number of anilines is 1. The van der Waals surface area contributed by atoms with Crippen LogP contribution in [-0.2, 0) is 21.0 Å². The summed E-state index contributed by atoms with van der Waals surface area (Å²) in [6.45, 7) is 3.67. The van der Waals surface area contributed by atoms with Crippen LogP contribution in [0.4, 0.5) is 10.5 Å². The van der Waals surface area contributed by atoms with E-state index in [1.54, 1.807) is 12.1 Å². The SMILES string of the molecule is CC1(C)OC(=O)Nc2ccc(OC(CCCc3ccccc3)=NOS)cc21. The van der Waals surface area contributed by atoms with Crippen molar-refractivity contribution in [3.05, 3.63) is 59.7 Å². The molecule has 0 saturated heterocycles. The zero-order valence-corrected chi connectivity index (χ0v) is 16.2. The Kier molecular flexibility index (Phi) is 5.91.